The maximum absolute atomic E-state index is 12.3. The zero-order valence-corrected chi connectivity index (χ0v) is 22.0. The minimum atomic E-state index is -0.326. The second kappa shape index (κ2) is 10.1. The lowest BCUT2D eigenvalue weighted by molar-refractivity contribution is -0.142. The van der Waals surface area contributed by atoms with Crippen LogP contribution in [0.5, 0.6) is 5.75 Å². The van der Waals surface area contributed by atoms with Gasteiger partial charge in [0.2, 0.25) is 17.2 Å². The Balaban J connectivity index is 1.46. The molecule has 0 spiro atoms. The molecule has 1 saturated heterocycles. The van der Waals surface area contributed by atoms with Gasteiger partial charge in [-0.2, -0.15) is 0 Å². The summed E-state index contributed by atoms with van der Waals surface area (Å²) >= 11 is 0. The molecule has 194 valence electrons. The van der Waals surface area contributed by atoms with E-state index in [1.54, 1.807) is 0 Å². The molecule has 38 heavy (non-hydrogen) atoms. The van der Waals surface area contributed by atoms with Gasteiger partial charge in [0.25, 0.3) is 0 Å². The Morgan fingerprint density at radius 1 is 0.974 bits per heavy atom. The molecule has 2 heterocycles. The lowest BCUT2D eigenvalue weighted by atomic mass is 9.93. The van der Waals surface area contributed by atoms with Gasteiger partial charge in [-0.25, -0.2) is 4.58 Å². The number of carbonyl (C=O) groups is 3. The number of hydrogen-bond donors (Lipinski definition) is 0. The lowest BCUT2D eigenvalue weighted by Gasteiger charge is -2.18. The zero-order valence-electron chi connectivity index (χ0n) is 22.0. The summed E-state index contributed by atoms with van der Waals surface area (Å²) in [5.41, 5.74) is 4.85. The summed E-state index contributed by atoms with van der Waals surface area (Å²) in [6.07, 6.45) is 0.328. The van der Waals surface area contributed by atoms with Crippen LogP contribution in [0, 0.1) is 0 Å². The predicted octanol–water partition coefficient (Wildman–Crippen LogP) is 3.40. The van der Waals surface area contributed by atoms with E-state index in [4.69, 9.17) is 9.15 Å². The molecule has 2 amide bonds. The summed E-state index contributed by atoms with van der Waals surface area (Å²) in [6, 6.07) is 19.9. The standard InChI is InChI=1S/C30H30N3O5/c1-31(2)20-7-11-24-26(15-20)38-27-16-21(32(3)4)8-12-25(27)30(24)19-5-9-23(10-6-19)37-18-22(34)17-33-28(35)13-14-29(33)36/h5-12,15-16H,13-14,17-18H2,1-4H3/q+1. The highest BCUT2D eigenvalue weighted by atomic mass is 16.5. The van der Waals surface area contributed by atoms with Crippen LogP contribution in [0.25, 0.3) is 33.4 Å². The second-order valence-electron chi connectivity index (χ2n) is 9.85. The highest BCUT2D eigenvalue weighted by molar-refractivity contribution is 6.05. The fraction of sp³-hybridized carbons (Fsp3) is 0.267. The molecule has 5 rings (SSSR count). The lowest BCUT2D eigenvalue weighted by Crippen LogP contribution is -2.36. The molecule has 0 unspecified atom stereocenters. The molecule has 2 aromatic carbocycles. The third-order valence-corrected chi connectivity index (χ3v) is 6.75. The van der Waals surface area contributed by atoms with Gasteiger partial charge in [-0.1, -0.05) is 12.1 Å². The van der Waals surface area contributed by atoms with Gasteiger partial charge in [0.1, 0.15) is 37.8 Å². The number of fused-ring (bicyclic) bond motifs is 2. The van der Waals surface area contributed by atoms with E-state index in [-0.39, 0.29) is 43.6 Å². The number of likely N-dealkylation sites (tertiary alicyclic amines) is 1. The van der Waals surface area contributed by atoms with E-state index in [0.717, 1.165) is 49.4 Å². The number of ketones is 1. The Morgan fingerprint density at radius 3 is 2.34 bits per heavy atom. The number of Topliss-reactive ketones (excluding diaryl/α,β-unsaturated/α-hetero) is 1. The number of hydrogen-bond acceptors (Lipinski definition) is 6. The summed E-state index contributed by atoms with van der Waals surface area (Å²) in [7, 11) is 7.99. The van der Waals surface area contributed by atoms with Crippen LogP contribution < -0.4 is 19.6 Å². The summed E-state index contributed by atoms with van der Waals surface area (Å²) in [4.78, 5) is 38.9. The van der Waals surface area contributed by atoms with Crippen molar-refractivity contribution in [3.8, 4) is 28.2 Å². The van der Waals surface area contributed by atoms with Gasteiger partial charge in [0, 0.05) is 61.3 Å². The van der Waals surface area contributed by atoms with E-state index < -0.39 is 0 Å². The number of anilines is 1. The molecule has 2 aliphatic heterocycles. The van der Waals surface area contributed by atoms with Gasteiger partial charge < -0.3 is 14.1 Å². The molecule has 0 N–H and O–H groups in total. The first-order valence-corrected chi connectivity index (χ1v) is 12.5. The van der Waals surface area contributed by atoms with Gasteiger partial charge in [-0.15, -0.1) is 0 Å². The zero-order chi connectivity index (χ0) is 27.0. The Kier molecular flexibility index (Phi) is 6.72. The molecule has 0 atom stereocenters. The van der Waals surface area contributed by atoms with E-state index in [1.165, 1.54) is 0 Å². The Hall–Kier alpha value is -4.46. The van der Waals surface area contributed by atoms with Gasteiger partial charge in [0.15, 0.2) is 5.78 Å². The number of imide groups is 1. The SMILES string of the molecule is CN(C)c1ccc2c(-c3ccc(OCC(=O)CN4C(=O)CCC4=O)cc3)c3ccc(=[N+](C)C)cc-3oc2c1. The third kappa shape index (κ3) is 4.89. The van der Waals surface area contributed by atoms with Crippen LogP contribution >= 0.6 is 0 Å². The number of carbonyl (C=O) groups excluding carboxylic acids is 3. The van der Waals surface area contributed by atoms with Crippen molar-refractivity contribution >= 4 is 34.3 Å². The van der Waals surface area contributed by atoms with Crippen LogP contribution in [0.1, 0.15) is 12.8 Å². The first kappa shape index (κ1) is 25.2. The quantitative estimate of drug-likeness (QED) is 0.215. The predicted molar refractivity (Wildman–Crippen MR) is 146 cm³/mol. The Labute approximate surface area is 220 Å². The van der Waals surface area contributed by atoms with Crippen molar-refractivity contribution in [3.05, 3.63) is 66.0 Å². The van der Waals surface area contributed by atoms with Gasteiger partial charge in [-0.3, -0.25) is 19.3 Å². The molecular weight excluding hydrogens is 482 g/mol. The van der Waals surface area contributed by atoms with E-state index in [9.17, 15) is 14.4 Å². The van der Waals surface area contributed by atoms with E-state index in [2.05, 4.69) is 24.3 Å². The van der Waals surface area contributed by atoms with Gasteiger partial charge in [-0.05, 0) is 35.9 Å². The molecule has 1 aliphatic carbocycles. The number of ether oxygens (including phenoxy) is 1. The number of amides is 2. The summed E-state index contributed by atoms with van der Waals surface area (Å²) < 4.78 is 14.1. The Bertz CT molecular complexity index is 1580. The molecule has 0 saturated carbocycles. The van der Waals surface area contributed by atoms with Crippen LogP contribution in [-0.4, -0.2) is 63.8 Å². The van der Waals surface area contributed by atoms with E-state index in [0.29, 0.717) is 5.75 Å². The van der Waals surface area contributed by atoms with Crippen LogP contribution in [0.4, 0.5) is 5.69 Å². The van der Waals surface area contributed by atoms with Crippen molar-refractivity contribution in [2.75, 3.05) is 46.2 Å². The van der Waals surface area contributed by atoms with Crippen molar-refractivity contribution in [1.29, 1.82) is 0 Å². The molecule has 8 heteroatoms. The largest absolute Gasteiger partial charge is 0.486 e. The summed E-state index contributed by atoms with van der Waals surface area (Å²) in [6.45, 7) is -0.460. The molecule has 0 aromatic heterocycles. The number of benzene rings is 3. The maximum Gasteiger partial charge on any atom is 0.230 e. The Morgan fingerprint density at radius 2 is 1.68 bits per heavy atom. The first-order valence-electron chi connectivity index (χ1n) is 12.5. The second-order valence-corrected chi connectivity index (χ2v) is 9.85. The molecular formula is C30H30N3O5+. The molecule has 3 aliphatic rings. The maximum atomic E-state index is 12.3. The topological polar surface area (TPSA) is 83.1 Å². The van der Waals surface area contributed by atoms with Crippen molar-refractivity contribution in [3.63, 3.8) is 0 Å². The van der Waals surface area contributed by atoms with E-state index >= 15 is 0 Å². The number of nitrogens with zero attached hydrogens (tertiary/aromatic N) is 3. The van der Waals surface area contributed by atoms with Crippen LogP contribution in [0.3, 0.4) is 0 Å². The van der Waals surface area contributed by atoms with Crippen molar-refractivity contribution in [2.45, 2.75) is 12.8 Å². The molecule has 1 fully saturated rings. The van der Waals surface area contributed by atoms with Gasteiger partial charge >= 0.3 is 0 Å². The first-order chi connectivity index (χ1) is 18.2. The highest BCUT2D eigenvalue weighted by Gasteiger charge is 2.30. The fourth-order valence-electron chi connectivity index (χ4n) is 4.64. The van der Waals surface area contributed by atoms with E-state index in [1.807, 2.05) is 74.1 Å². The average molecular weight is 513 g/mol. The molecule has 2 aromatic rings. The minimum absolute atomic E-state index is 0.164. The molecule has 0 radical (unpaired) electrons. The summed E-state index contributed by atoms with van der Waals surface area (Å²) in [5, 5.41) is 2.03. The number of rotatable bonds is 7. The fourth-order valence-corrected chi connectivity index (χ4v) is 4.64. The van der Waals surface area contributed by atoms with Crippen molar-refractivity contribution in [2.24, 2.45) is 0 Å². The molecule has 8 nitrogen and oxygen atoms in total. The third-order valence-electron chi connectivity index (χ3n) is 6.75. The van der Waals surface area contributed by atoms with Crippen LogP contribution in [0.15, 0.2) is 65.1 Å². The van der Waals surface area contributed by atoms with Crippen LogP contribution in [-0.2, 0) is 14.4 Å². The average Bonchev–Trinajstić information content (AvgIpc) is 3.22. The minimum Gasteiger partial charge on any atom is -0.486 e. The van der Waals surface area contributed by atoms with Gasteiger partial charge in [0.05, 0.1) is 12.6 Å². The molecule has 0 bridgehead atoms. The van der Waals surface area contributed by atoms with Crippen LogP contribution in [0.2, 0.25) is 0 Å². The van der Waals surface area contributed by atoms with Crippen molar-refractivity contribution < 1.29 is 23.5 Å². The summed E-state index contributed by atoms with van der Waals surface area (Å²) in [5.74, 6) is 0.369. The normalized spacial score (nSPS) is 13.4. The smallest absolute Gasteiger partial charge is 0.230 e. The highest BCUT2D eigenvalue weighted by Crippen LogP contribution is 2.41. The monoisotopic (exact) mass is 512 g/mol. The van der Waals surface area contributed by atoms with Crippen molar-refractivity contribution in [1.82, 2.24) is 9.48 Å².